The van der Waals surface area contributed by atoms with Crippen LogP contribution in [0.5, 0.6) is 5.75 Å². The van der Waals surface area contributed by atoms with E-state index in [1.165, 1.54) is 19.2 Å². The lowest BCUT2D eigenvalue weighted by atomic mass is 10.1. The molecule has 2 N–H and O–H groups in total. The Morgan fingerprint density at radius 3 is 2.47 bits per heavy atom. The number of piperidine rings is 1. The lowest BCUT2D eigenvalue weighted by molar-refractivity contribution is 0.145. The first-order chi connectivity index (χ1) is 15.4. The fraction of sp³-hybridized carbons (Fsp3) is 0.458. The van der Waals surface area contributed by atoms with Crippen LogP contribution in [0.1, 0.15) is 30.9 Å². The van der Waals surface area contributed by atoms with Crippen molar-refractivity contribution in [3.63, 3.8) is 0 Å². The van der Waals surface area contributed by atoms with E-state index in [2.05, 4.69) is 10.3 Å². The Bertz CT molecular complexity index is 930. The molecule has 0 atom stereocenters. The zero-order valence-electron chi connectivity index (χ0n) is 18.9. The van der Waals surface area contributed by atoms with Gasteiger partial charge in [0.15, 0.2) is 17.5 Å². The zero-order chi connectivity index (χ0) is 23.1. The second-order valence-electron chi connectivity index (χ2n) is 8.00. The van der Waals surface area contributed by atoms with Crippen LogP contribution in [0.15, 0.2) is 41.4 Å². The highest BCUT2D eigenvalue weighted by molar-refractivity contribution is 5.79. The molecule has 0 unspecified atom stereocenters. The predicted octanol–water partition coefficient (Wildman–Crippen LogP) is 3.53. The van der Waals surface area contributed by atoms with E-state index in [1.807, 2.05) is 35.9 Å². The van der Waals surface area contributed by atoms with Crippen molar-refractivity contribution >= 4 is 11.6 Å². The molecule has 174 valence electrons. The van der Waals surface area contributed by atoms with Crippen molar-refractivity contribution in [3.05, 3.63) is 59.2 Å². The summed E-state index contributed by atoms with van der Waals surface area (Å²) in [6.45, 7) is 4.73. The van der Waals surface area contributed by atoms with Gasteiger partial charge in [0.25, 0.3) is 0 Å². The third kappa shape index (κ3) is 6.09. The quantitative estimate of drug-likeness (QED) is 0.503. The predicted molar refractivity (Wildman–Crippen MR) is 123 cm³/mol. The number of nitrogens with zero attached hydrogens (tertiary/aromatic N) is 3. The van der Waals surface area contributed by atoms with E-state index in [4.69, 9.17) is 4.74 Å². The minimum atomic E-state index is -0.404. The molecular weight excluding hydrogens is 414 g/mol. The van der Waals surface area contributed by atoms with Gasteiger partial charge in [-0.15, -0.1) is 0 Å². The number of hydrogen-bond acceptors (Lipinski definition) is 4. The van der Waals surface area contributed by atoms with Gasteiger partial charge in [-0.2, -0.15) is 0 Å². The van der Waals surface area contributed by atoms with Crippen LogP contribution in [0.25, 0.3) is 0 Å². The molecule has 0 bridgehead atoms. The maximum Gasteiger partial charge on any atom is 0.194 e. The summed E-state index contributed by atoms with van der Waals surface area (Å²) < 4.78 is 33.7. The molecule has 1 heterocycles. The minimum absolute atomic E-state index is 0.211. The van der Waals surface area contributed by atoms with Crippen LogP contribution in [0, 0.1) is 11.6 Å². The Morgan fingerprint density at radius 2 is 1.84 bits per heavy atom. The summed E-state index contributed by atoms with van der Waals surface area (Å²) >= 11 is 0. The van der Waals surface area contributed by atoms with E-state index in [0.29, 0.717) is 57.2 Å². The third-order valence-electron chi connectivity index (χ3n) is 5.56. The average molecular weight is 447 g/mol. The van der Waals surface area contributed by atoms with Crippen molar-refractivity contribution < 1.29 is 18.6 Å². The van der Waals surface area contributed by atoms with Crippen LogP contribution in [0.2, 0.25) is 0 Å². The number of ether oxygens (including phenoxy) is 1. The van der Waals surface area contributed by atoms with Gasteiger partial charge >= 0.3 is 0 Å². The fourth-order valence-corrected chi connectivity index (χ4v) is 3.80. The van der Waals surface area contributed by atoms with Crippen molar-refractivity contribution in [2.45, 2.75) is 39.0 Å². The Balaban J connectivity index is 1.67. The number of aliphatic hydroxyl groups is 1. The number of guanidine groups is 1. The molecule has 8 heteroatoms. The van der Waals surface area contributed by atoms with Gasteiger partial charge in [0.05, 0.1) is 25.4 Å². The normalized spacial score (nSPS) is 15.1. The van der Waals surface area contributed by atoms with Gasteiger partial charge in [-0.25, -0.2) is 13.8 Å². The molecule has 1 aliphatic rings. The highest BCUT2D eigenvalue weighted by Crippen LogP contribution is 2.24. The lowest BCUT2D eigenvalue weighted by Crippen LogP contribution is -2.38. The van der Waals surface area contributed by atoms with Crippen LogP contribution in [0.4, 0.5) is 14.5 Å². The Labute approximate surface area is 188 Å². The van der Waals surface area contributed by atoms with E-state index in [-0.39, 0.29) is 17.7 Å². The van der Waals surface area contributed by atoms with Crippen molar-refractivity contribution in [2.24, 2.45) is 4.99 Å². The molecule has 32 heavy (non-hydrogen) atoms. The lowest BCUT2D eigenvalue weighted by Gasteiger charge is -2.31. The number of halogens is 2. The van der Waals surface area contributed by atoms with Crippen LogP contribution in [-0.4, -0.2) is 55.9 Å². The maximum atomic E-state index is 14.7. The van der Waals surface area contributed by atoms with Gasteiger partial charge in [-0.3, -0.25) is 0 Å². The maximum absolute atomic E-state index is 14.7. The summed E-state index contributed by atoms with van der Waals surface area (Å²) in [5.74, 6) is 0.182. The summed E-state index contributed by atoms with van der Waals surface area (Å²) in [6.07, 6.45) is 1.02. The molecular formula is C24H32F2N4O2. The molecule has 0 spiro atoms. The Kier molecular flexibility index (Phi) is 8.27. The summed E-state index contributed by atoms with van der Waals surface area (Å²) in [4.78, 5) is 8.50. The largest absolute Gasteiger partial charge is 0.494 e. The monoisotopic (exact) mass is 446 g/mol. The topological polar surface area (TPSA) is 60.3 Å². The number of methoxy groups -OCH3 is 1. The van der Waals surface area contributed by atoms with Crippen LogP contribution in [0.3, 0.4) is 0 Å². The molecule has 0 aromatic heterocycles. The molecule has 6 nitrogen and oxygen atoms in total. The van der Waals surface area contributed by atoms with E-state index in [0.717, 1.165) is 11.1 Å². The van der Waals surface area contributed by atoms with Crippen LogP contribution < -0.4 is 15.0 Å². The molecule has 0 aliphatic carbocycles. The first-order valence-corrected chi connectivity index (χ1v) is 10.9. The molecule has 3 rings (SSSR count). The molecule has 1 fully saturated rings. The molecule has 1 aliphatic heterocycles. The fourth-order valence-electron chi connectivity index (χ4n) is 3.80. The van der Waals surface area contributed by atoms with Gasteiger partial charge in [0, 0.05) is 33.2 Å². The molecule has 0 amide bonds. The smallest absolute Gasteiger partial charge is 0.194 e. The number of nitrogens with one attached hydrogen (secondary N) is 1. The second-order valence-corrected chi connectivity index (χ2v) is 8.00. The van der Waals surface area contributed by atoms with Gasteiger partial charge in [0.2, 0.25) is 0 Å². The van der Waals surface area contributed by atoms with Gasteiger partial charge < -0.3 is 25.0 Å². The van der Waals surface area contributed by atoms with Gasteiger partial charge in [0.1, 0.15) is 5.82 Å². The second kappa shape index (κ2) is 11.1. The molecule has 0 saturated carbocycles. The van der Waals surface area contributed by atoms with Crippen molar-refractivity contribution in [1.29, 1.82) is 0 Å². The molecule has 2 aromatic rings. The summed E-state index contributed by atoms with van der Waals surface area (Å²) in [6, 6.07) is 10.1. The molecule has 0 radical (unpaired) electrons. The van der Waals surface area contributed by atoms with Crippen LogP contribution >= 0.6 is 0 Å². The highest BCUT2D eigenvalue weighted by Gasteiger charge is 2.19. The third-order valence-corrected chi connectivity index (χ3v) is 5.56. The van der Waals surface area contributed by atoms with E-state index in [9.17, 15) is 13.9 Å². The number of hydrogen-bond donors (Lipinski definition) is 2. The summed E-state index contributed by atoms with van der Waals surface area (Å²) in [5, 5.41) is 12.9. The first kappa shape index (κ1) is 23.8. The number of aliphatic hydroxyl groups excluding tert-OH is 1. The number of aliphatic imine (C=N–C) groups is 1. The highest BCUT2D eigenvalue weighted by atomic mass is 19.1. The first-order valence-electron chi connectivity index (χ1n) is 10.9. The summed E-state index contributed by atoms with van der Waals surface area (Å²) in [5.41, 5.74) is 2.12. The van der Waals surface area contributed by atoms with Crippen molar-refractivity contribution in [1.82, 2.24) is 10.2 Å². The van der Waals surface area contributed by atoms with Gasteiger partial charge in [-0.1, -0.05) is 12.1 Å². The Morgan fingerprint density at radius 1 is 1.16 bits per heavy atom. The Hall–Kier alpha value is -2.87. The van der Waals surface area contributed by atoms with E-state index >= 15 is 0 Å². The van der Waals surface area contributed by atoms with Gasteiger partial charge in [-0.05, 0) is 55.2 Å². The summed E-state index contributed by atoms with van der Waals surface area (Å²) in [7, 11) is 3.31. The number of benzene rings is 2. The minimum Gasteiger partial charge on any atom is -0.494 e. The number of rotatable bonds is 7. The molecule has 1 saturated heterocycles. The zero-order valence-corrected chi connectivity index (χ0v) is 18.9. The average Bonchev–Trinajstić information content (AvgIpc) is 2.77. The SMILES string of the molecule is CCNC(=NCc1ccc(N2CCC(O)CC2)c(F)c1)N(C)Cc1ccc(OC)c(F)c1. The van der Waals surface area contributed by atoms with E-state index < -0.39 is 5.82 Å². The molecule has 2 aromatic carbocycles. The van der Waals surface area contributed by atoms with Crippen LogP contribution in [-0.2, 0) is 13.1 Å². The standard InChI is InChI=1S/C24H32F2N4O2/c1-4-27-24(29(2)16-18-6-8-23(32-3)21(26)14-18)28-15-17-5-7-22(20(25)13-17)30-11-9-19(31)10-12-30/h5-8,13-14,19,31H,4,9-12,15-16H2,1-3H3,(H,27,28). The van der Waals surface area contributed by atoms with Crippen molar-refractivity contribution in [3.8, 4) is 5.75 Å². The van der Waals surface area contributed by atoms with E-state index in [1.54, 1.807) is 12.1 Å². The van der Waals surface area contributed by atoms with Crippen molar-refractivity contribution in [2.75, 3.05) is 38.7 Å². The number of anilines is 1.